The number of hydrogen-bond acceptors (Lipinski definition) is 4. The summed E-state index contributed by atoms with van der Waals surface area (Å²) in [4.78, 5) is 34.2. The lowest BCUT2D eigenvalue weighted by Gasteiger charge is -1.95. The Morgan fingerprint density at radius 3 is 2.50 bits per heavy atom. The molecule has 0 unspecified atom stereocenters. The van der Waals surface area contributed by atoms with E-state index in [4.69, 9.17) is 0 Å². The number of nitrogens with one attached hydrogen (secondary N) is 2. The molecular weight excluding hydrogens is 184 g/mol. The fourth-order valence-corrected chi connectivity index (χ4v) is 1.01. The van der Waals surface area contributed by atoms with E-state index < -0.39 is 11.2 Å². The van der Waals surface area contributed by atoms with Crippen molar-refractivity contribution >= 4 is 0 Å². The molecule has 70 valence electrons. The number of hydrogen-bond donors (Lipinski definition) is 2. The topological polar surface area (TPSA) is 91.5 Å². The van der Waals surface area contributed by atoms with Gasteiger partial charge < -0.3 is 4.98 Å². The molecule has 0 atom stereocenters. The Labute approximate surface area is 77.7 Å². The van der Waals surface area contributed by atoms with Gasteiger partial charge in [-0.25, -0.2) is 14.8 Å². The molecule has 0 saturated carbocycles. The Hall–Kier alpha value is -2.24. The Morgan fingerprint density at radius 2 is 1.86 bits per heavy atom. The van der Waals surface area contributed by atoms with Crippen molar-refractivity contribution in [2.45, 2.75) is 0 Å². The van der Waals surface area contributed by atoms with Crippen LogP contribution in [0.1, 0.15) is 0 Å². The molecule has 0 saturated heterocycles. The highest BCUT2D eigenvalue weighted by atomic mass is 16.2. The molecule has 0 radical (unpaired) electrons. The molecule has 0 fully saturated rings. The van der Waals surface area contributed by atoms with E-state index in [0.717, 1.165) is 0 Å². The van der Waals surface area contributed by atoms with Gasteiger partial charge in [0.1, 0.15) is 5.56 Å². The SMILES string of the molecule is O=c1[nH]cc(-c2ncccn2)c(=O)[nH]1. The van der Waals surface area contributed by atoms with Gasteiger partial charge >= 0.3 is 5.69 Å². The Morgan fingerprint density at radius 1 is 1.14 bits per heavy atom. The molecule has 0 bridgehead atoms. The highest BCUT2D eigenvalue weighted by molar-refractivity contribution is 5.50. The first-order valence-corrected chi connectivity index (χ1v) is 3.87. The number of aromatic nitrogens is 4. The summed E-state index contributed by atoms with van der Waals surface area (Å²) < 4.78 is 0. The second kappa shape index (κ2) is 3.25. The summed E-state index contributed by atoms with van der Waals surface area (Å²) in [6.07, 6.45) is 4.33. The van der Waals surface area contributed by atoms with Crippen LogP contribution in [0, 0.1) is 0 Å². The first-order chi connectivity index (χ1) is 6.77. The number of nitrogens with zero attached hydrogens (tertiary/aromatic N) is 2. The van der Waals surface area contributed by atoms with Crippen LogP contribution in [0.3, 0.4) is 0 Å². The maximum absolute atomic E-state index is 11.3. The van der Waals surface area contributed by atoms with E-state index in [1.807, 2.05) is 0 Å². The molecule has 2 aromatic rings. The lowest BCUT2D eigenvalue weighted by molar-refractivity contribution is 1.02. The van der Waals surface area contributed by atoms with Crippen molar-refractivity contribution < 1.29 is 0 Å². The zero-order valence-electron chi connectivity index (χ0n) is 7.02. The summed E-state index contributed by atoms with van der Waals surface area (Å²) in [6.45, 7) is 0. The van der Waals surface area contributed by atoms with Crippen LogP contribution in [0.25, 0.3) is 11.4 Å². The Kier molecular flexibility index (Phi) is 1.94. The molecule has 0 amide bonds. The van der Waals surface area contributed by atoms with Crippen LogP contribution in [-0.2, 0) is 0 Å². The Balaban J connectivity index is 2.64. The first kappa shape index (κ1) is 8.36. The van der Waals surface area contributed by atoms with Crippen molar-refractivity contribution in [1.29, 1.82) is 0 Å². The van der Waals surface area contributed by atoms with Gasteiger partial charge in [0.2, 0.25) is 0 Å². The number of H-pyrrole nitrogens is 2. The van der Waals surface area contributed by atoms with Gasteiger partial charge in [-0.05, 0) is 6.07 Å². The normalized spacial score (nSPS) is 10.0. The smallest absolute Gasteiger partial charge is 0.313 e. The zero-order chi connectivity index (χ0) is 9.97. The molecule has 2 heterocycles. The standard InChI is InChI=1S/C8H6N4O2/c13-7-5(4-11-8(14)12-7)6-9-2-1-3-10-6/h1-4H,(H2,11,12,13,14). The predicted octanol–water partition coefficient (Wildman–Crippen LogP) is -0.480. The van der Waals surface area contributed by atoms with Crippen molar-refractivity contribution in [1.82, 2.24) is 19.9 Å². The third-order valence-corrected chi connectivity index (χ3v) is 1.63. The van der Waals surface area contributed by atoms with Crippen LogP contribution in [-0.4, -0.2) is 19.9 Å². The van der Waals surface area contributed by atoms with E-state index in [9.17, 15) is 9.59 Å². The second-order valence-electron chi connectivity index (χ2n) is 2.56. The van der Waals surface area contributed by atoms with Crippen LogP contribution in [0.4, 0.5) is 0 Å². The molecule has 0 aliphatic rings. The third-order valence-electron chi connectivity index (χ3n) is 1.63. The minimum atomic E-state index is -0.547. The van der Waals surface area contributed by atoms with Crippen molar-refractivity contribution in [3.05, 3.63) is 45.5 Å². The van der Waals surface area contributed by atoms with Crippen LogP contribution in [0.5, 0.6) is 0 Å². The molecule has 14 heavy (non-hydrogen) atoms. The van der Waals surface area contributed by atoms with Crippen LogP contribution < -0.4 is 11.2 Å². The van der Waals surface area contributed by atoms with E-state index in [-0.39, 0.29) is 11.4 Å². The molecule has 0 aromatic carbocycles. The molecule has 2 N–H and O–H groups in total. The number of aromatic amines is 2. The van der Waals surface area contributed by atoms with E-state index in [2.05, 4.69) is 19.9 Å². The molecule has 0 aliphatic carbocycles. The van der Waals surface area contributed by atoms with Gasteiger partial charge in [0.25, 0.3) is 5.56 Å². The Bertz CT molecular complexity index is 543. The quantitative estimate of drug-likeness (QED) is 0.635. The summed E-state index contributed by atoms with van der Waals surface area (Å²) >= 11 is 0. The van der Waals surface area contributed by atoms with Gasteiger partial charge in [0.05, 0.1) is 0 Å². The highest BCUT2D eigenvalue weighted by Gasteiger charge is 2.04. The number of rotatable bonds is 1. The van der Waals surface area contributed by atoms with Crippen molar-refractivity contribution in [3.63, 3.8) is 0 Å². The lowest BCUT2D eigenvalue weighted by atomic mass is 10.3. The van der Waals surface area contributed by atoms with Crippen LogP contribution >= 0.6 is 0 Å². The molecule has 6 heteroatoms. The van der Waals surface area contributed by atoms with Gasteiger partial charge in [0.15, 0.2) is 5.82 Å². The molecule has 0 aliphatic heterocycles. The molecule has 6 nitrogen and oxygen atoms in total. The van der Waals surface area contributed by atoms with E-state index >= 15 is 0 Å². The fourth-order valence-electron chi connectivity index (χ4n) is 1.01. The summed E-state index contributed by atoms with van der Waals surface area (Å²) in [6, 6.07) is 1.64. The minimum absolute atomic E-state index is 0.241. The van der Waals surface area contributed by atoms with Crippen molar-refractivity contribution in [3.8, 4) is 11.4 Å². The largest absolute Gasteiger partial charge is 0.325 e. The van der Waals surface area contributed by atoms with Crippen molar-refractivity contribution in [2.75, 3.05) is 0 Å². The summed E-state index contributed by atoms with van der Waals surface area (Å²) in [7, 11) is 0. The minimum Gasteiger partial charge on any atom is -0.313 e. The fraction of sp³-hybridized carbons (Fsp3) is 0. The average Bonchev–Trinajstić information content (AvgIpc) is 2.19. The molecular formula is C8H6N4O2. The maximum Gasteiger partial charge on any atom is 0.325 e. The van der Waals surface area contributed by atoms with E-state index in [1.165, 1.54) is 18.6 Å². The van der Waals surface area contributed by atoms with Gasteiger partial charge in [-0.2, -0.15) is 0 Å². The zero-order valence-corrected chi connectivity index (χ0v) is 7.02. The molecule has 2 aromatic heterocycles. The molecule has 0 spiro atoms. The van der Waals surface area contributed by atoms with Crippen molar-refractivity contribution in [2.24, 2.45) is 0 Å². The van der Waals surface area contributed by atoms with Gasteiger partial charge in [-0.3, -0.25) is 9.78 Å². The van der Waals surface area contributed by atoms with Crippen LogP contribution in [0.15, 0.2) is 34.2 Å². The summed E-state index contributed by atoms with van der Waals surface area (Å²) in [5.41, 5.74) is -0.806. The van der Waals surface area contributed by atoms with Gasteiger partial charge in [0, 0.05) is 18.6 Å². The maximum atomic E-state index is 11.3. The van der Waals surface area contributed by atoms with E-state index in [0.29, 0.717) is 0 Å². The third kappa shape index (κ3) is 1.45. The average molecular weight is 190 g/mol. The first-order valence-electron chi connectivity index (χ1n) is 3.87. The van der Waals surface area contributed by atoms with Crippen LogP contribution in [0.2, 0.25) is 0 Å². The van der Waals surface area contributed by atoms with Gasteiger partial charge in [-0.15, -0.1) is 0 Å². The lowest BCUT2D eigenvalue weighted by Crippen LogP contribution is -2.23. The van der Waals surface area contributed by atoms with E-state index in [1.54, 1.807) is 6.07 Å². The molecule has 2 rings (SSSR count). The monoisotopic (exact) mass is 190 g/mol. The second-order valence-corrected chi connectivity index (χ2v) is 2.56. The van der Waals surface area contributed by atoms with Gasteiger partial charge in [-0.1, -0.05) is 0 Å². The predicted molar refractivity (Wildman–Crippen MR) is 48.7 cm³/mol. The summed E-state index contributed by atoms with van der Waals surface area (Å²) in [5, 5.41) is 0. The summed E-state index contributed by atoms with van der Waals surface area (Å²) in [5.74, 6) is 0.282. The highest BCUT2D eigenvalue weighted by Crippen LogP contribution is 2.03.